The highest BCUT2D eigenvalue weighted by Crippen LogP contribution is 2.46. The molecule has 1 aromatic rings. The maximum Gasteiger partial charge on any atom is 0.410 e. The molecule has 4 fully saturated rings. The molecule has 1 aromatic carbocycles. The zero-order valence-electron chi connectivity index (χ0n) is 31.9. The fraction of sp³-hybridized carbons (Fsp3) is 0.625. The van der Waals surface area contributed by atoms with Crippen molar-refractivity contribution in [3.05, 3.63) is 53.6 Å². The van der Waals surface area contributed by atoms with Crippen LogP contribution in [0.4, 0.5) is 9.59 Å². The summed E-state index contributed by atoms with van der Waals surface area (Å²) in [5.74, 6) is -2.70. The average molecular weight is 780 g/mol. The molecule has 1 saturated heterocycles. The number of hydrogen-bond acceptors (Lipinski definition) is 9. The summed E-state index contributed by atoms with van der Waals surface area (Å²) in [6.07, 6.45) is 9.99. The Kier molecular flexibility index (Phi) is 10.3. The van der Waals surface area contributed by atoms with Gasteiger partial charge in [0.2, 0.25) is 21.8 Å². The van der Waals surface area contributed by atoms with E-state index in [1.54, 1.807) is 25.7 Å². The molecular weight excluding hydrogens is 727 g/mol. The monoisotopic (exact) mass is 779 g/mol. The molecule has 5 atom stereocenters. The first kappa shape index (κ1) is 38.9. The predicted octanol–water partition coefficient (Wildman–Crippen LogP) is 4.29. The van der Waals surface area contributed by atoms with Crippen LogP contribution < -0.4 is 15.4 Å². The Balaban J connectivity index is 1.17. The lowest BCUT2D eigenvalue weighted by molar-refractivity contribution is -0.143. The number of nitrogens with zero attached hydrogens (tertiary/aromatic N) is 2. The number of rotatable bonds is 6. The number of amides is 5. The van der Waals surface area contributed by atoms with Crippen LogP contribution in [0, 0.1) is 16.7 Å². The number of allylic oxidation sites excluding steroid dienone is 1. The van der Waals surface area contributed by atoms with E-state index in [2.05, 4.69) is 34.1 Å². The van der Waals surface area contributed by atoms with Crippen molar-refractivity contribution < 1.29 is 41.9 Å². The van der Waals surface area contributed by atoms with Gasteiger partial charge in [0.15, 0.2) is 0 Å². The Morgan fingerprint density at radius 2 is 1.82 bits per heavy atom. The lowest BCUT2D eigenvalue weighted by atomic mass is 9.82. The van der Waals surface area contributed by atoms with Crippen LogP contribution in [-0.2, 0) is 47.0 Å². The lowest BCUT2D eigenvalue weighted by Crippen LogP contribution is -2.60. The third kappa shape index (κ3) is 7.99. The zero-order valence-corrected chi connectivity index (χ0v) is 32.8. The van der Waals surface area contributed by atoms with E-state index in [1.165, 1.54) is 11.0 Å². The summed E-state index contributed by atoms with van der Waals surface area (Å²) in [4.78, 5) is 72.5. The number of nitrogens with one attached hydrogen (secondary N) is 3. The molecule has 3 N–H and O–H groups in total. The first-order valence-electron chi connectivity index (χ1n) is 19.5. The molecule has 14 nitrogen and oxygen atoms in total. The highest BCUT2D eigenvalue weighted by molar-refractivity contribution is 7.91. The highest BCUT2D eigenvalue weighted by Gasteiger charge is 2.62. The van der Waals surface area contributed by atoms with Gasteiger partial charge in [-0.1, -0.05) is 70.0 Å². The molecule has 1 spiro atoms. The Morgan fingerprint density at radius 1 is 1.07 bits per heavy atom. The molecule has 0 aromatic heterocycles. The van der Waals surface area contributed by atoms with Crippen LogP contribution in [0.5, 0.6) is 0 Å². The fourth-order valence-electron chi connectivity index (χ4n) is 8.73. The second-order valence-corrected chi connectivity index (χ2v) is 19.4. The molecule has 15 heteroatoms. The second kappa shape index (κ2) is 14.6. The first-order chi connectivity index (χ1) is 26.0. The van der Waals surface area contributed by atoms with Crippen molar-refractivity contribution >= 4 is 46.0 Å². The van der Waals surface area contributed by atoms with Crippen LogP contribution in [0.25, 0.3) is 6.08 Å². The molecule has 5 amide bonds. The van der Waals surface area contributed by atoms with Crippen molar-refractivity contribution in [2.45, 2.75) is 127 Å². The number of cyclic esters (lactones) is 1. The van der Waals surface area contributed by atoms with Crippen molar-refractivity contribution in [2.75, 3.05) is 13.2 Å². The SMILES string of the molecule is C=C[C@@H]1C[C@]1(NC(=O)C1C[C@@H]2CN1C(=O)[C@H](C(C)(C)C)NC(=O)OCC1(CCC=Cc3cccc4c3CN(C4)C(=O)O2)CCCC1)C(=O)NS(=O)(=O)C1CC1. The van der Waals surface area contributed by atoms with Gasteiger partial charge in [-0.25, -0.2) is 18.0 Å². The Morgan fingerprint density at radius 3 is 2.49 bits per heavy atom. The molecule has 298 valence electrons. The van der Waals surface area contributed by atoms with Gasteiger partial charge in [-0.05, 0) is 67.1 Å². The maximum absolute atomic E-state index is 14.6. The number of sulfonamides is 1. The largest absolute Gasteiger partial charge is 0.449 e. The Labute approximate surface area is 322 Å². The molecular formula is C40H53N5O9S. The van der Waals surface area contributed by atoms with Crippen LogP contribution in [0.15, 0.2) is 36.9 Å². The molecule has 7 rings (SSSR count). The normalized spacial score (nSPS) is 29.6. The topological polar surface area (TPSA) is 181 Å². The van der Waals surface area contributed by atoms with Crippen LogP contribution in [0.3, 0.4) is 0 Å². The summed E-state index contributed by atoms with van der Waals surface area (Å²) >= 11 is 0. The van der Waals surface area contributed by atoms with Crippen molar-refractivity contribution in [1.82, 2.24) is 25.2 Å². The van der Waals surface area contributed by atoms with Crippen molar-refractivity contribution in [3.8, 4) is 0 Å². The summed E-state index contributed by atoms with van der Waals surface area (Å²) in [5.41, 5.74) is 0.464. The smallest absolute Gasteiger partial charge is 0.410 e. The lowest BCUT2D eigenvalue weighted by Gasteiger charge is -2.36. The molecule has 1 unspecified atom stereocenters. The Bertz CT molecular complexity index is 1900. The quantitative estimate of drug-likeness (QED) is 0.355. The number of hydrogen-bond donors (Lipinski definition) is 3. The van der Waals surface area contributed by atoms with Gasteiger partial charge in [-0.15, -0.1) is 6.58 Å². The summed E-state index contributed by atoms with van der Waals surface area (Å²) in [6.45, 7) is 9.89. The van der Waals surface area contributed by atoms with E-state index in [1.807, 2.05) is 18.2 Å². The van der Waals surface area contributed by atoms with Gasteiger partial charge < -0.3 is 25.0 Å². The first-order valence-corrected chi connectivity index (χ1v) is 21.1. The van der Waals surface area contributed by atoms with E-state index in [4.69, 9.17) is 9.47 Å². The number of carbonyl (C=O) groups is 5. The van der Waals surface area contributed by atoms with Crippen LogP contribution in [0.1, 0.15) is 102 Å². The standard InChI is InChI=1S/C40H53N5O9S/c1-5-27-20-40(27,35(48)43-55(51,52)29-14-15-29)42-33(46)31-19-28-22-45(31)34(47)32(38(2,3)4)41-36(49)53-24-39(17-8-9-18-39)16-7-6-11-25-12-10-13-26-21-44(23-30(25)26)37(50)54-28/h5-6,10-13,27-29,31-32H,1,7-9,14-24H2,2-4H3,(H,41,49)(H,42,46)(H,43,48)/t27-,28-,31?,32-,40-/m1/s1. The van der Waals surface area contributed by atoms with E-state index in [-0.39, 0.29) is 31.4 Å². The van der Waals surface area contributed by atoms with Gasteiger partial charge in [0.25, 0.3) is 5.91 Å². The predicted molar refractivity (Wildman–Crippen MR) is 202 cm³/mol. The summed E-state index contributed by atoms with van der Waals surface area (Å²) in [6, 6.07) is 3.63. The fourth-order valence-corrected chi connectivity index (χ4v) is 10.1. The number of carbonyl (C=O) groups excluding carboxylic acids is 5. The van der Waals surface area contributed by atoms with Gasteiger partial charge in [0, 0.05) is 24.3 Å². The van der Waals surface area contributed by atoms with Gasteiger partial charge >= 0.3 is 12.2 Å². The molecule has 55 heavy (non-hydrogen) atoms. The van der Waals surface area contributed by atoms with Crippen LogP contribution >= 0.6 is 0 Å². The summed E-state index contributed by atoms with van der Waals surface area (Å²) in [5, 5.41) is 4.91. The maximum atomic E-state index is 14.6. The van der Waals surface area contributed by atoms with E-state index >= 15 is 0 Å². The van der Waals surface area contributed by atoms with Gasteiger partial charge in [0.1, 0.15) is 23.7 Å². The van der Waals surface area contributed by atoms with Gasteiger partial charge in [-0.2, -0.15) is 0 Å². The van der Waals surface area contributed by atoms with E-state index in [9.17, 15) is 32.4 Å². The average Bonchev–Trinajstić information content (AvgIpc) is 3.94. The van der Waals surface area contributed by atoms with Gasteiger partial charge in [0.05, 0.1) is 24.9 Å². The van der Waals surface area contributed by atoms with Crippen molar-refractivity contribution in [2.24, 2.45) is 16.7 Å². The third-order valence-electron chi connectivity index (χ3n) is 12.3. The van der Waals surface area contributed by atoms with E-state index in [0.717, 1.165) is 55.2 Å². The third-order valence-corrected chi connectivity index (χ3v) is 14.1. The Hall–Kier alpha value is -4.40. The molecule has 3 aliphatic carbocycles. The number of fused-ring (bicyclic) bond motifs is 3. The number of alkyl carbamates (subject to hydrolysis) is 1. The molecule has 4 bridgehead atoms. The number of ether oxygens (including phenoxy) is 2. The van der Waals surface area contributed by atoms with Crippen molar-refractivity contribution in [3.63, 3.8) is 0 Å². The summed E-state index contributed by atoms with van der Waals surface area (Å²) < 4.78 is 39.4. The molecule has 3 saturated carbocycles. The minimum atomic E-state index is -3.91. The van der Waals surface area contributed by atoms with Crippen LogP contribution in [0.2, 0.25) is 0 Å². The zero-order chi connectivity index (χ0) is 39.3. The van der Waals surface area contributed by atoms with Gasteiger partial charge in [-0.3, -0.25) is 24.0 Å². The van der Waals surface area contributed by atoms with Crippen molar-refractivity contribution in [1.29, 1.82) is 0 Å². The van der Waals surface area contributed by atoms with E-state index < -0.39 is 80.2 Å². The molecule has 0 radical (unpaired) electrons. The molecule has 6 aliphatic rings. The summed E-state index contributed by atoms with van der Waals surface area (Å²) in [7, 11) is -3.91. The number of benzene rings is 1. The van der Waals surface area contributed by atoms with Crippen LogP contribution in [-0.4, -0.2) is 90.3 Å². The molecule has 3 aliphatic heterocycles. The molecule has 3 heterocycles. The minimum Gasteiger partial charge on any atom is -0.449 e. The van der Waals surface area contributed by atoms with E-state index in [0.29, 0.717) is 25.9 Å². The second-order valence-electron chi connectivity index (χ2n) is 17.4. The minimum absolute atomic E-state index is 0.0846. The highest BCUT2D eigenvalue weighted by atomic mass is 32.2.